The number of hydrogen-bond acceptors (Lipinski definition) is 2. The van der Waals surface area contributed by atoms with Gasteiger partial charge < -0.3 is 10.6 Å². The summed E-state index contributed by atoms with van der Waals surface area (Å²) >= 11 is 1.68. The molecule has 0 aliphatic carbocycles. The number of thiophene rings is 1. The van der Waals surface area contributed by atoms with Gasteiger partial charge >= 0.3 is 0 Å². The van der Waals surface area contributed by atoms with Gasteiger partial charge in [-0.1, -0.05) is 12.1 Å². The van der Waals surface area contributed by atoms with Gasteiger partial charge in [0.2, 0.25) is 0 Å². The Kier molecular flexibility index (Phi) is 8.29. The van der Waals surface area contributed by atoms with E-state index in [1.54, 1.807) is 30.5 Å². The molecule has 21 heavy (non-hydrogen) atoms. The zero-order valence-electron chi connectivity index (χ0n) is 11.8. The Balaban J connectivity index is 0.00000220. The molecule has 0 unspecified atom stereocenters. The number of rotatable bonds is 5. The van der Waals surface area contributed by atoms with E-state index in [9.17, 15) is 4.39 Å². The Bertz CT molecular complexity index is 558. The van der Waals surface area contributed by atoms with Crippen LogP contribution in [0.15, 0.2) is 46.1 Å². The number of aliphatic imine (C=N–C) groups is 1. The smallest absolute Gasteiger partial charge is 0.191 e. The van der Waals surface area contributed by atoms with Gasteiger partial charge in [-0.25, -0.2) is 4.39 Å². The van der Waals surface area contributed by atoms with Crippen LogP contribution in [0.5, 0.6) is 0 Å². The highest BCUT2D eigenvalue weighted by atomic mass is 127. The van der Waals surface area contributed by atoms with E-state index >= 15 is 0 Å². The fraction of sp³-hybridized carbons (Fsp3) is 0.267. The first-order valence-corrected chi connectivity index (χ1v) is 7.42. The molecule has 0 saturated heterocycles. The van der Waals surface area contributed by atoms with Crippen LogP contribution >= 0.6 is 35.3 Å². The summed E-state index contributed by atoms with van der Waals surface area (Å²) in [6.07, 6.45) is 0.761. The average Bonchev–Trinajstić information content (AvgIpc) is 2.96. The van der Waals surface area contributed by atoms with E-state index in [4.69, 9.17) is 0 Å². The Labute approximate surface area is 145 Å². The van der Waals surface area contributed by atoms with Crippen molar-refractivity contribution in [3.63, 3.8) is 0 Å². The van der Waals surface area contributed by atoms with Crippen LogP contribution in [0.25, 0.3) is 0 Å². The van der Waals surface area contributed by atoms with Gasteiger partial charge in [-0.15, -0.1) is 24.0 Å². The number of benzene rings is 1. The van der Waals surface area contributed by atoms with Gasteiger partial charge in [-0.3, -0.25) is 4.99 Å². The van der Waals surface area contributed by atoms with Crippen LogP contribution in [0.1, 0.15) is 11.1 Å². The molecule has 0 radical (unpaired) electrons. The fourth-order valence-corrected chi connectivity index (χ4v) is 2.49. The maximum absolute atomic E-state index is 13.0. The fourth-order valence-electron chi connectivity index (χ4n) is 1.82. The normalized spacial score (nSPS) is 10.9. The van der Waals surface area contributed by atoms with Crippen molar-refractivity contribution in [3.8, 4) is 0 Å². The van der Waals surface area contributed by atoms with Gasteiger partial charge in [0, 0.05) is 20.1 Å². The Morgan fingerprint density at radius 3 is 2.76 bits per heavy atom. The summed E-state index contributed by atoms with van der Waals surface area (Å²) < 4.78 is 13.0. The number of guanidine groups is 1. The molecule has 1 aromatic carbocycles. The molecule has 2 rings (SSSR count). The number of nitrogens with one attached hydrogen (secondary N) is 2. The molecule has 1 aromatic heterocycles. The molecule has 0 fully saturated rings. The van der Waals surface area contributed by atoms with Crippen LogP contribution in [-0.4, -0.2) is 19.6 Å². The topological polar surface area (TPSA) is 36.4 Å². The second kappa shape index (κ2) is 9.73. The number of halogens is 2. The van der Waals surface area contributed by atoms with Crippen molar-refractivity contribution in [3.05, 3.63) is 58.0 Å². The summed E-state index contributed by atoms with van der Waals surface area (Å²) in [5, 5.41) is 10.6. The van der Waals surface area contributed by atoms with Crippen LogP contribution in [-0.2, 0) is 13.0 Å². The highest BCUT2D eigenvalue weighted by Crippen LogP contribution is 2.05. The molecule has 2 aromatic rings. The lowest BCUT2D eigenvalue weighted by Crippen LogP contribution is -2.37. The van der Waals surface area contributed by atoms with Crippen molar-refractivity contribution in [2.75, 3.05) is 13.6 Å². The van der Waals surface area contributed by atoms with Crippen molar-refractivity contribution in [2.24, 2.45) is 4.99 Å². The standard InChI is InChI=1S/C15H18FN3S.HI/c1-17-15(19-10-13-6-8-20-11-13)18-7-5-12-3-2-4-14(16)9-12;/h2-4,6,8-9,11H,5,7,10H2,1H3,(H2,17,18,19);1H. The van der Waals surface area contributed by atoms with Crippen LogP contribution < -0.4 is 10.6 Å². The first-order valence-electron chi connectivity index (χ1n) is 6.48. The summed E-state index contributed by atoms with van der Waals surface area (Å²) in [5.74, 6) is 0.565. The lowest BCUT2D eigenvalue weighted by atomic mass is 10.1. The van der Waals surface area contributed by atoms with E-state index in [1.165, 1.54) is 11.6 Å². The first-order chi connectivity index (χ1) is 9.78. The second-order valence-corrected chi connectivity index (χ2v) is 5.14. The second-order valence-electron chi connectivity index (χ2n) is 4.36. The average molecular weight is 419 g/mol. The van der Waals surface area contributed by atoms with Crippen LogP contribution in [0, 0.1) is 5.82 Å². The van der Waals surface area contributed by atoms with Crippen molar-refractivity contribution >= 4 is 41.3 Å². The van der Waals surface area contributed by atoms with Gasteiger partial charge in [0.15, 0.2) is 5.96 Å². The Hall–Kier alpha value is -1.15. The Morgan fingerprint density at radius 1 is 1.24 bits per heavy atom. The third kappa shape index (κ3) is 6.43. The van der Waals surface area contributed by atoms with Crippen LogP contribution in [0.3, 0.4) is 0 Å². The summed E-state index contributed by atoms with van der Waals surface area (Å²) in [5.41, 5.74) is 2.22. The lowest BCUT2D eigenvalue weighted by molar-refractivity contribution is 0.625. The maximum Gasteiger partial charge on any atom is 0.191 e. The molecule has 0 aliphatic heterocycles. The van der Waals surface area contributed by atoms with Gasteiger partial charge in [0.05, 0.1) is 0 Å². The molecule has 0 aliphatic rings. The summed E-state index contributed by atoms with van der Waals surface area (Å²) in [6, 6.07) is 8.75. The third-order valence-corrected chi connectivity index (χ3v) is 3.59. The largest absolute Gasteiger partial charge is 0.356 e. The molecular weight excluding hydrogens is 400 g/mol. The molecule has 2 N–H and O–H groups in total. The molecule has 0 bridgehead atoms. The summed E-state index contributed by atoms with van der Waals surface area (Å²) in [4.78, 5) is 4.16. The molecule has 3 nitrogen and oxygen atoms in total. The molecular formula is C15H19FIN3S. The van der Waals surface area contributed by atoms with E-state index in [0.717, 1.165) is 24.5 Å². The van der Waals surface area contributed by atoms with Crippen molar-refractivity contribution in [1.82, 2.24) is 10.6 Å². The zero-order valence-corrected chi connectivity index (χ0v) is 15.0. The summed E-state index contributed by atoms with van der Waals surface area (Å²) in [7, 11) is 1.74. The van der Waals surface area contributed by atoms with Gasteiger partial charge in [-0.05, 0) is 46.5 Å². The monoisotopic (exact) mass is 419 g/mol. The minimum absolute atomic E-state index is 0. The van der Waals surface area contributed by atoms with Gasteiger partial charge in [-0.2, -0.15) is 11.3 Å². The number of nitrogens with zero attached hydrogens (tertiary/aromatic N) is 1. The molecule has 0 spiro atoms. The van der Waals surface area contributed by atoms with Gasteiger partial charge in [0.1, 0.15) is 5.82 Å². The predicted molar refractivity (Wildman–Crippen MR) is 98.0 cm³/mol. The molecule has 6 heteroatoms. The lowest BCUT2D eigenvalue weighted by Gasteiger charge is -2.11. The van der Waals surface area contributed by atoms with Crippen LogP contribution in [0.2, 0.25) is 0 Å². The SMILES string of the molecule is CN=C(NCCc1cccc(F)c1)NCc1ccsc1.I. The Morgan fingerprint density at radius 2 is 2.10 bits per heavy atom. The van der Waals surface area contributed by atoms with E-state index in [0.29, 0.717) is 6.54 Å². The quantitative estimate of drug-likeness (QED) is 0.443. The first kappa shape index (κ1) is 17.9. The predicted octanol–water partition coefficient (Wildman–Crippen LogP) is 3.41. The van der Waals surface area contributed by atoms with E-state index < -0.39 is 0 Å². The number of hydrogen-bond donors (Lipinski definition) is 2. The molecule has 114 valence electrons. The van der Waals surface area contributed by atoms with Crippen molar-refractivity contribution < 1.29 is 4.39 Å². The maximum atomic E-state index is 13.0. The minimum atomic E-state index is -0.192. The molecule has 0 saturated carbocycles. The minimum Gasteiger partial charge on any atom is -0.356 e. The molecule has 1 heterocycles. The zero-order chi connectivity index (χ0) is 14.2. The van der Waals surface area contributed by atoms with Crippen molar-refractivity contribution in [1.29, 1.82) is 0 Å². The van der Waals surface area contributed by atoms with Gasteiger partial charge in [0.25, 0.3) is 0 Å². The summed E-state index contributed by atoms with van der Waals surface area (Å²) in [6.45, 7) is 1.47. The highest BCUT2D eigenvalue weighted by Gasteiger charge is 1.99. The van der Waals surface area contributed by atoms with Crippen LogP contribution in [0.4, 0.5) is 4.39 Å². The van der Waals surface area contributed by atoms with E-state index in [2.05, 4.69) is 32.5 Å². The highest BCUT2D eigenvalue weighted by molar-refractivity contribution is 14.0. The van der Waals surface area contributed by atoms with Crippen molar-refractivity contribution in [2.45, 2.75) is 13.0 Å². The third-order valence-electron chi connectivity index (χ3n) is 2.86. The molecule has 0 amide bonds. The van der Waals surface area contributed by atoms with E-state index in [1.807, 2.05) is 6.07 Å². The molecule has 0 atom stereocenters. The van der Waals surface area contributed by atoms with E-state index in [-0.39, 0.29) is 29.8 Å².